The highest BCUT2D eigenvalue weighted by atomic mass is 35.5. The van der Waals surface area contributed by atoms with Crippen molar-refractivity contribution in [3.63, 3.8) is 0 Å². The second-order valence-electron chi connectivity index (χ2n) is 5.72. The fourth-order valence-electron chi connectivity index (χ4n) is 3.48. The maximum Gasteiger partial charge on any atom is 0.0837 e. The van der Waals surface area contributed by atoms with Crippen LogP contribution in [-0.2, 0) is 11.2 Å². The summed E-state index contributed by atoms with van der Waals surface area (Å²) in [6.45, 7) is 5.88. The van der Waals surface area contributed by atoms with Gasteiger partial charge in [-0.05, 0) is 50.4 Å². The molecule has 4 heteroatoms. The molecule has 1 aliphatic rings. The van der Waals surface area contributed by atoms with E-state index in [1.54, 1.807) is 0 Å². The number of halogens is 2. The normalized spacial score (nSPS) is 18.9. The number of benzene rings is 1. The Morgan fingerprint density at radius 1 is 1.19 bits per heavy atom. The van der Waals surface area contributed by atoms with Gasteiger partial charge in [-0.25, -0.2) is 0 Å². The first-order chi connectivity index (χ1) is 10.1. The lowest BCUT2D eigenvalue weighted by Gasteiger charge is -2.38. The van der Waals surface area contributed by atoms with Gasteiger partial charge in [0.25, 0.3) is 0 Å². The lowest BCUT2D eigenvalue weighted by molar-refractivity contribution is -0.0609. The van der Waals surface area contributed by atoms with Crippen LogP contribution in [0.3, 0.4) is 0 Å². The Hall–Kier alpha value is -0.280. The van der Waals surface area contributed by atoms with Gasteiger partial charge in [0, 0.05) is 22.7 Å². The standard InChI is InChI=1S/C17H25Cl2NO/c1-3-20-16(17(21-4-2)10-5-6-11-17)12-13-14(18)8-7-9-15(13)19/h7-9,16,20H,3-6,10-12H2,1-2H3. The van der Waals surface area contributed by atoms with Crippen molar-refractivity contribution in [3.05, 3.63) is 33.8 Å². The predicted octanol–water partition coefficient (Wildman–Crippen LogP) is 4.86. The Balaban J connectivity index is 2.26. The molecule has 0 aromatic heterocycles. The van der Waals surface area contributed by atoms with Gasteiger partial charge in [-0.2, -0.15) is 0 Å². The summed E-state index contributed by atoms with van der Waals surface area (Å²) in [5.41, 5.74) is 0.950. The number of rotatable bonds is 7. The van der Waals surface area contributed by atoms with Crippen molar-refractivity contribution in [2.75, 3.05) is 13.2 Å². The average Bonchev–Trinajstić information content (AvgIpc) is 2.92. The van der Waals surface area contributed by atoms with Crippen molar-refractivity contribution in [1.82, 2.24) is 5.32 Å². The van der Waals surface area contributed by atoms with E-state index in [1.165, 1.54) is 12.8 Å². The second-order valence-corrected chi connectivity index (χ2v) is 6.53. The number of nitrogens with one attached hydrogen (secondary N) is 1. The third kappa shape index (κ3) is 3.92. The molecule has 0 heterocycles. The van der Waals surface area contributed by atoms with Crippen LogP contribution in [0.5, 0.6) is 0 Å². The molecule has 1 atom stereocenters. The van der Waals surface area contributed by atoms with Crippen LogP contribution in [0.15, 0.2) is 18.2 Å². The third-order valence-electron chi connectivity index (χ3n) is 4.44. The summed E-state index contributed by atoms with van der Waals surface area (Å²) in [6.07, 6.45) is 5.50. The van der Waals surface area contributed by atoms with E-state index in [4.69, 9.17) is 27.9 Å². The van der Waals surface area contributed by atoms with Crippen LogP contribution in [0.4, 0.5) is 0 Å². The summed E-state index contributed by atoms with van der Waals surface area (Å²) in [7, 11) is 0. The van der Waals surface area contributed by atoms with Crippen LogP contribution in [-0.4, -0.2) is 24.8 Å². The SMILES string of the molecule is CCNC(Cc1c(Cl)cccc1Cl)C1(OCC)CCCC1. The van der Waals surface area contributed by atoms with Crippen molar-refractivity contribution in [2.45, 2.75) is 57.6 Å². The zero-order valence-electron chi connectivity index (χ0n) is 12.9. The molecule has 0 saturated heterocycles. The zero-order valence-corrected chi connectivity index (χ0v) is 14.4. The van der Waals surface area contributed by atoms with E-state index in [-0.39, 0.29) is 11.6 Å². The smallest absolute Gasteiger partial charge is 0.0837 e. The lowest BCUT2D eigenvalue weighted by Crippen LogP contribution is -2.52. The Bertz CT molecular complexity index is 438. The molecule has 1 N–H and O–H groups in total. The Kier molecular flexibility index (Phi) is 6.36. The van der Waals surface area contributed by atoms with Gasteiger partial charge in [0.1, 0.15) is 0 Å². The molecule has 21 heavy (non-hydrogen) atoms. The molecular formula is C17H25Cl2NO. The molecule has 0 amide bonds. The van der Waals surface area contributed by atoms with Gasteiger partial charge in [0.05, 0.1) is 5.60 Å². The summed E-state index contributed by atoms with van der Waals surface area (Å²) >= 11 is 12.7. The maximum absolute atomic E-state index is 6.35. The number of hydrogen-bond donors (Lipinski definition) is 1. The van der Waals surface area contributed by atoms with E-state index < -0.39 is 0 Å². The van der Waals surface area contributed by atoms with Crippen molar-refractivity contribution in [2.24, 2.45) is 0 Å². The molecule has 1 unspecified atom stereocenters. The Morgan fingerprint density at radius 3 is 2.33 bits per heavy atom. The topological polar surface area (TPSA) is 21.3 Å². The molecule has 0 radical (unpaired) electrons. The number of ether oxygens (including phenoxy) is 1. The van der Waals surface area contributed by atoms with Crippen LogP contribution in [0.1, 0.15) is 45.1 Å². The van der Waals surface area contributed by atoms with E-state index in [1.807, 2.05) is 18.2 Å². The molecule has 1 aromatic rings. The highest BCUT2D eigenvalue weighted by Gasteiger charge is 2.42. The molecule has 2 rings (SSSR count). The molecule has 1 aliphatic carbocycles. The molecule has 0 bridgehead atoms. The highest BCUT2D eigenvalue weighted by Crippen LogP contribution is 2.38. The first-order valence-electron chi connectivity index (χ1n) is 7.93. The Labute approximate surface area is 138 Å². The summed E-state index contributed by atoms with van der Waals surface area (Å²) < 4.78 is 6.21. The molecule has 1 aromatic carbocycles. The van der Waals surface area contributed by atoms with E-state index in [9.17, 15) is 0 Å². The minimum Gasteiger partial charge on any atom is -0.374 e. The van der Waals surface area contributed by atoms with Gasteiger partial charge in [-0.1, -0.05) is 49.0 Å². The molecule has 0 spiro atoms. The second kappa shape index (κ2) is 7.82. The quantitative estimate of drug-likeness (QED) is 0.771. The molecular weight excluding hydrogens is 305 g/mol. The Morgan fingerprint density at radius 2 is 1.81 bits per heavy atom. The minimum atomic E-state index is -0.0761. The van der Waals surface area contributed by atoms with Crippen molar-refractivity contribution >= 4 is 23.2 Å². The van der Waals surface area contributed by atoms with Crippen LogP contribution < -0.4 is 5.32 Å². The summed E-state index contributed by atoms with van der Waals surface area (Å²) in [4.78, 5) is 0. The van der Waals surface area contributed by atoms with E-state index in [0.717, 1.165) is 48.0 Å². The third-order valence-corrected chi connectivity index (χ3v) is 5.15. The van der Waals surface area contributed by atoms with E-state index in [2.05, 4.69) is 19.2 Å². The van der Waals surface area contributed by atoms with Gasteiger partial charge < -0.3 is 10.1 Å². The van der Waals surface area contributed by atoms with Crippen LogP contribution >= 0.6 is 23.2 Å². The minimum absolute atomic E-state index is 0.0761. The van der Waals surface area contributed by atoms with Crippen molar-refractivity contribution < 1.29 is 4.74 Å². The molecule has 2 nitrogen and oxygen atoms in total. The van der Waals surface area contributed by atoms with Gasteiger partial charge in [0.15, 0.2) is 0 Å². The number of likely N-dealkylation sites (N-methyl/N-ethyl adjacent to an activating group) is 1. The van der Waals surface area contributed by atoms with Gasteiger partial charge >= 0.3 is 0 Å². The first kappa shape index (κ1) is 17.1. The van der Waals surface area contributed by atoms with Gasteiger partial charge in [0.2, 0.25) is 0 Å². The van der Waals surface area contributed by atoms with Crippen LogP contribution in [0.2, 0.25) is 10.0 Å². The fraction of sp³-hybridized carbons (Fsp3) is 0.647. The van der Waals surface area contributed by atoms with Crippen LogP contribution in [0, 0.1) is 0 Å². The summed E-state index contributed by atoms with van der Waals surface area (Å²) in [5, 5.41) is 5.10. The molecule has 0 aliphatic heterocycles. The summed E-state index contributed by atoms with van der Waals surface area (Å²) in [6, 6.07) is 5.97. The largest absolute Gasteiger partial charge is 0.374 e. The predicted molar refractivity (Wildman–Crippen MR) is 90.5 cm³/mol. The van der Waals surface area contributed by atoms with Crippen molar-refractivity contribution in [3.8, 4) is 0 Å². The fourth-order valence-corrected chi connectivity index (χ4v) is 4.03. The summed E-state index contributed by atoms with van der Waals surface area (Å²) in [5.74, 6) is 0. The highest BCUT2D eigenvalue weighted by molar-refractivity contribution is 6.36. The van der Waals surface area contributed by atoms with Gasteiger partial charge in [-0.15, -0.1) is 0 Å². The van der Waals surface area contributed by atoms with E-state index >= 15 is 0 Å². The lowest BCUT2D eigenvalue weighted by atomic mass is 9.87. The van der Waals surface area contributed by atoms with Crippen LogP contribution in [0.25, 0.3) is 0 Å². The zero-order chi connectivity index (χ0) is 15.3. The molecule has 1 fully saturated rings. The maximum atomic E-state index is 6.35. The molecule has 118 valence electrons. The van der Waals surface area contributed by atoms with Gasteiger partial charge in [-0.3, -0.25) is 0 Å². The number of hydrogen-bond acceptors (Lipinski definition) is 2. The van der Waals surface area contributed by atoms with Crippen molar-refractivity contribution in [1.29, 1.82) is 0 Å². The average molecular weight is 330 g/mol. The monoisotopic (exact) mass is 329 g/mol. The first-order valence-corrected chi connectivity index (χ1v) is 8.68. The molecule has 1 saturated carbocycles. The van der Waals surface area contributed by atoms with E-state index in [0.29, 0.717) is 0 Å².